The zero-order chi connectivity index (χ0) is 19.3. The van der Waals surface area contributed by atoms with Crippen LogP contribution >= 0.6 is 0 Å². The van der Waals surface area contributed by atoms with Crippen LogP contribution in [0.25, 0.3) is 17.3 Å². The van der Waals surface area contributed by atoms with Crippen molar-refractivity contribution in [2.75, 3.05) is 0 Å². The van der Waals surface area contributed by atoms with E-state index in [1.54, 1.807) is 10.7 Å². The molecule has 4 rings (SSSR count). The molecule has 0 amide bonds. The summed E-state index contributed by atoms with van der Waals surface area (Å²) in [7, 11) is 0. The molecule has 0 spiro atoms. The number of carbonyl (C=O) groups is 1. The SMILES string of the molecule is O=C(O)c1cc(/C(=C/c2ccccc2)c2ccccc2)n(-c2ccccc2)n1. The van der Waals surface area contributed by atoms with Gasteiger partial charge in [-0.25, -0.2) is 9.48 Å². The standard InChI is InChI=1S/C24H18N2O2/c27-24(28)22-17-23(26(25-22)20-14-8-3-9-15-20)21(19-12-6-2-7-13-19)16-18-10-4-1-5-11-18/h1-17H,(H,27,28)/b21-16+. The van der Waals surface area contributed by atoms with E-state index in [-0.39, 0.29) is 5.69 Å². The molecule has 1 heterocycles. The smallest absolute Gasteiger partial charge is 0.356 e. The molecular weight excluding hydrogens is 348 g/mol. The second-order valence-electron chi connectivity index (χ2n) is 6.30. The van der Waals surface area contributed by atoms with Gasteiger partial charge in [0, 0.05) is 5.57 Å². The Labute approximate surface area is 163 Å². The number of aromatic nitrogens is 2. The fourth-order valence-electron chi connectivity index (χ4n) is 3.08. The van der Waals surface area contributed by atoms with Gasteiger partial charge in [-0.1, -0.05) is 78.9 Å². The minimum atomic E-state index is -1.05. The Kier molecular flexibility index (Phi) is 4.85. The highest BCUT2D eigenvalue weighted by atomic mass is 16.4. The third-order valence-electron chi connectivity index (χ3n) is 4.40. The molecule has 4 heteroatoms. The van der Waals surface area contributed by atoms with Crippen LogP contribution in [0, 0.1) is 0 Å². The number of carboxylic acid groups (broad SMARTS) is 1. The maximum absolute atomic E-state index is 11.6. The van der Waals surface area contributed by atoms with Crippen molar-refractivity contribution < 1.29 is 9.90 Å². The van der Waals surface area contributed by atoms with E-state index in [1.165, 1.54) is 0 Å². The molecule has 0 saturated carbocycles. The van der Waals surface area contributed by atoms with E-state index in [9.17, 15) is 9.90 Å². The fourth-order valence-corrected chi connectivity index (χ4v) is 3.08. The van der Waals surface area contributed by atoms with Gasteiger partial charge in [0.2, 0.25) is 0 Å². The summed E-state index contributed by atoms with van der Waals surface area (Å²) >= 11 is 0. The van der Waals surface area contributed by atoms with Gasteiger partial charge in [-0.2, -0.15) is 5.10 Å². The Morgan fingerprint density at radius 3 is 2.00 bits per heavy atom. The molecule has 0 saturated heterocycles. The maximum atomic E-state index is 11.6. The molecule has 0 aliphatic rings. The minimum absolute atomic E-state index is 0.00810. The maximum Gasteiger partial charge on any atom is 0.356 e. The van der Waals surface area contributed by atoms with Crippen LogP contribution in [0.3, 0.4) is 0 Å². The summed E-state index contributed by atoms with van der Waals surface area (Å²) in [5.41, 5.74) is 4.45. The van der Waals surface area contributed by atoms with Gasteiger partial charge in [-0.05, 0) is 35.4 Å². The van der Waals surface area contributed by atoms with Gasteiger partial charge in [0.1, 0.15) is 0 Å². The van der Waals surface area contributed by atoms with E-state index in [0.717, 1.165) is 28.1 Å². The lowest BCUT2D eigenvalue weighted by Gasteiger charge is -2.12. The van der Waals surface area contributed by atoms with E-state index in [2.05, 4.69) is 11.2 Å². The summed E-state index contributed by atoms with van der Waals surface area (Å²) in [4.78, 5) is 11.6. The zero-order valence-electron chi connectivity index (χ0n) is 15.1. The Bertz CT molecular complexity index is 1120. The lowest BCUT2D eigenvalue weighted by molar-refractivity contribution is 0.0690. The van der Waals surface area contributed by atoms with Gasteiger partial charge in [0.25, 0.3) is 0 Å². The lowest BCUT2D eigenvalue weighted by Crippen LogP contribution is -2.04. The van der Waals surface area contributed by atoms with Crippen molar-refractivity contribution >= 4 is 17.6 Å². The molecule has 0 radical (unpaired) electrons. The summed E-state index contributed by atoms with van der Waals surface area (Å²) in [6.45, 7) is 0. The monoisotopic (exact) mass is 366 g/mol. The summed E-state index contributed by atoms with van der Waals surface area (Å²) < 4.78 is 1.69. The normalized spacial score (nSPS) is 11.4. The zero-order valence-corrected chi connectivity index (χ0v) is 15.1. The molecule has 0 aliphatic heterocycles. The molecule has 136 valence electrons. The third kappa shape index (κ3) is 3.62. The Morgan fingerprint density at radius 1 is 0.821 bits per heavy atom. The molecule has 4 nitrogen and oxygen atoms in total. The van der Waals surface area contributed by atoms with E-state index < -0.39 is 5.97 Å². The van der Waals surface area contributed by atoms with Crippen LogP contribution in [0.2, 0.25) is 0 Å². The first-order valence-corrected chi connectivity index (χ1v) is 8.94. The molecule has 28 heavy (non-hydrogen) atoms. The Balaban J connectivity index is 1.97. The largest absolute Gasteiger partial charge is 0.476 e. The number of benzene rings is 3. The van der Waals surface area contributed by atoms with Gasteiger partial charge in [0.15, 0.2) is 5.69 Å². The number of aromatic carboxylic acids is 1. The number of carboxylic acids is 1. The van der Waals surface area contributed by atoms with Crippen molar-refractivity contribution in [3.05, 3.63) is 120 Å². The molecule has 0 atom stereocenters. The molecule has 4 aromatic rings. The van der Waals surface area contributed by atoms with Crippen molar-refractivity contribution in [3.8, 4) is 5.69 Å². The van der Waals surface area contributed by atoms with Gasteiger partial charge < -0.3 is 5.11 Å². The number of para-hydroxylation sites is 1. The van der Waals surface area contributed by atoms with Crippen LogP contribution in [0.5, 0.6) is 0 Å². The van der Waals surface area contributed by atoms with Crippen LogP contribution in [0.1, 0.15) is 27.3 Å². The van der Waals surface area contributed by atoms with E-state index in [4.69, 9.17) is 0 Å². The highest BCUT2D eigenvalue weighted by Gasteiger charge is 2.18. The first-order chi connectivity index (χ1) is 13.7. The third-order valence-corrected chi connectivity index (χ3v) is 4.40. The minimum Gasteiger partial charge on any atom is -0.476 e. The number of rotatable bonds is 5. The second kappa shape index (κ2) is 7.76. The number of hydrogen-bond donors (Lipinski definition) is 1. The molecule has 0 aliphatic carbocycles. The van der Waals surface area contributed by atoms with Gasteiger partial charge >= 0.3 is 5.97 Å². The molecule has 3 aromatic carbocycles. The van der Waals surface area contributed by atoms with Crippen molar-refractivity contribution in [2.45, 2.75) is 0 Å². The first-order valence-electron chi connectivity index (χ1n) is 8.94. The van der Waals surface area contributed by atoms with Crippen LogP contribution in [0.4, 0.5) is 0 Å². The predicted octanol–water partition coefficient (Wildman–Crippen LogP) is 5.16. The average Bonchev–Trinajstić information content (AvgIpc) is 3.20. The number of hydrogen-bond acceptors (Lipinski definition) is 2. The molecule has 1 aromatic heterocycles. The molecule has 1 N–H and O–H groups in total. The summed E-state index contributed by atoms with van der Waals surface area (Å²) in [6, 6.07) is 31.1. The number of nitrogens with zero attached hydrogens (tertiary/aromatic N) is 2. The predicted molar refractivity (Wildman–Crippen MR) is 110 cm³/mol. The summed E-state index contributed by atoms with van der Waals surface area (Å²) in [5, 5.41) is 13.9. The molecule has 0 bridgehead atoms. The summed E-state index contributed by atoms with van der Waals surface area (Å²) in [5.74, 6) is -1.05. The van der Waals surface area contributed by atoms with Gasteiger partial charge in [-0.3, -0.25) is 0 Å². The summed E-state index contributed by atoms with van der Waals surface area (Å²) in [6.07, 6.45) is 2.05. The van der Waals surface area contributed by atoms with Gasteiger partial charge in [-0.15, -0.1) is 0 Å². The second-order valence-corrected chi connectivity index (χ2v) is 6.30. The van der Waals surface area contributed by atoms with E-state index in [1.807, 2.05) is 91.0 Å². The fraction of sp³-hybridized carbons (Fsp3) is 0. The molecule has 0 fully saturated rings. The molecule has 0 unspecified atom stereocenters. The molecular formula is C24H18N2O2. The highest BCUT2D eigenvalue weighted by Crippen LogP contribution is 2.28. The van der Waals surface area contributed by atoms with E-state index in [0.29, 0.717) is 0 Å². The average molecular weight is 366 g/mol. The lowest BCUT2D eigenvalue weighted by atomic mass is 9.99. The van der Waals surface area contributed by atoms with Crippen molar-refractivity contribution in [1.82, 2.24) is 9.78 Å². The van der Waals surface area contributed by atoms with E-state index >= 15 is 0 Å². The van der Waals surface area contributed by atoms with Crippen LogP contribution < -0.4 is 0 Å². The van der Waals surface area contributed by atoms with Crippen molar-refractivity contribution in [3.63, 3.8) is 0 Å². The van der Waals surface area contributed by atoms with Crippen LogP contribution in [0.15, 0.2) is 97.1 Å². The highest BCUT2D eigenvalue weighted by molar-refractivity contribution is 5.93. The Hall–Kier alpha value is -3.92. The van der Waals surface area contributed by atoms with Gasteiger partial charge in [0.05, 0.1) is 11.4 Å². The Morgan fingerprint density at radius 2 is 1.39 bits per heavy atom. The topological polar surface area (TPSA) is 55.1 Å². The van der Waals surface area contributed by atoms with Crippen LogP contribution in [-0.2, 0) is 0 Å². The first kappa shape index (κ1) is 17.5. The van der Waals surface area contributed by atoms with Crippen LogP contribution in [-0.4, -0.2) is 20.9 Å². The van der Waals surface area contributed by atoms with Crippen molar-refractivity contribution in [2.24, 2.45) is 0 Å². The quantitative estimate of drug-likeness (QED) is 0.496. The van der Waals surface area contributed by atoms with Crippen molar-refractivity contribution in [1.29, 1.82) is 0 Å².